The maximum atomic E-state index is 14.8. The number of sulfone groups is 1. The quantitative estimate of drug-likeness (QED) is 0.472. The van der Waals surface area contributed by atoms with Crippen molar-refractivity contribution in [2.75, 3.05) is 16.6 Å². The van der Waals surface area contributed by atoms with E-state index in [0.29, 0.717) is 23.7 Å². The standard InChI is InChI=1S/C21H16Cl2F2N2O3S2/c22-13-2-5-15(6-3-13)32(29,30)21(17-10-14(24)4-7-19(17)25)16-11-20(26-12-18(16)23)27-8-1-9-31(27)28/h2-7,10-12,21H,1,8-9H2. The SMILES string of the molecule is O=S1CCCN1c1cc(C(c2cc(F)ccc2F)S(=O)(=O)c2ccc(Cl)cc2)c(Cl)cn1. The Morgan fingerprint density at radius 1 is 1.03 bits per heavy atom. The van der Waals surface area contributed by atoms with Crippen LogP contribution in [-0.2, 0) is 20.8 Å². The van der Waals surface area contributed by atoms with Crippen molar-refractivity contribution in [3.63, 3.8) is 0 Å². The first-order chi connectivity index (χ1) is 15.2. The molecule has 1 fully saturated rings. The molecule has 2 aromatic carbocycles. The molecular weight excluding hydrogens is 501 g/mol. The molecule has 4 rings (SSSR count). The van der Waals surface area contributed by atoms with Crippen molar-refractivity contribution in [3.05, 3.63) is 87.5 Å². The number of pyridine rings is 1. The topological polar surface area (TPSA) is 67.3 Å². The van der Waals surface area contributed by atoms with Crippen LogP contribution in [0.5, 0.6) is 0 Å². The highest BCUT2D eigenvalue weighted by Crippen LogP contribution is 2.41. The summed E-state index contributed by atoms with van der Waals surface area (Å²) in [5.41, 5.74) is -0.401. The Kier molecular flexibility index (Phi) is 6.53. The number of hydrogen-bond acceptors (Lipinski definition) is 4. The van der Waals surface area contributed by atoms with Gasteiger partial charge in [0.05, 0.1) is 9.92 Å². The van der Waals surface area contributed by atoms with E-state index < -0.39 is 43.3 Å². The summed E-state index contributed by atoms with van der Waals surface area (Å²) in [6.45, 7) is 0.462. The molecule has 2 atom stereocenters. The highest BCUT2D eigenvalue weighted by Gasteiger charge is 2.36. The van der Waals surface area contributed by atoms with Crippen LogP contribution in [0.15, 0.2) is 59.6 Å². The van der Waals surface area contributed by atoms with Crippen LogP contribution >= 0.6 is 23.2 Å². The Morgan fingerprint density at radius 2 is 1.75 bits per heavy atom. The van der Waals surface area contributed by atoms with E-state index in [0.717, 1.165) is 18.2 Å². The molecule has 1 aliphatic rings. The van der Waals surface area contributed by atoms with Gasteiger partial charge < -0.3 is 0 Å². The van der Waals surface area contributed by atoms with Crippen molar-refractivity contribution in [2.45, 2.75) is 16.6 Å². The summed E-state index contributed by atoms with van der Waals surface area (Å²) < 4.78 is 70.1. The number of nitrogens with zero attached hydrogens (tertiary/aromatic N) is 2. The summed E-state index contributed by atoms with van der Waals surface area (Å²) in [5.74, 6) is -1.02. The van der Waals surface area contributed by atoms with Crippen molar-refractivity contribution < 1.29 is 21.4 Å². The van der Waals surface area contributed by atoms with Gasteiger partial charge >= 0.3 is 0 Å². The van der Waals surface area contributed by atoms with E-state index in [2.05, 4.69) is 4.98 Å². The number of benzene rings is 2. The molecule has 1 aromatic heterocycles. The molecule has 3 aromatic rings. The third-order valence-electron chi connectivity index (χ3n) is 5.03. The second-order valence-corrected chi connectivity index (χ2v) is 11.5. The number of hydrogen-bond donors (Lipinski definition) is 0. The minimum absolute atomic E-state index is 0.0000154. The lowest BCUT2D eigenvalue weighted by atomic mass is 10.0. The van der Waals surface area contributed by atoms with Crippen molar-refractivity contribution in [3.8, 4) is 0 Å². The second-order valence-electron chi connectivity index (χ2n) is 7.09. The summed E-state index contributed by atoms with van der Waals surface area (Å²) in [6.07, 6.45) is 1.90. The molecule has 2 heterocycles. The van der Waals surface area contributed by atoms with Crippen LogP contribution < -0.4 is 4.31 Å². The number of rotatable bonds is 5. The minimum Gasteiger partial charge on any atom is -0.276 e. The first kappa shape index (κ1) is 23.1. The second kappa shape index (κ2) is 9.05. The van der Waals surface area contributed by atoms with Gasteiger partial charge in [0.2, 0.25) is 0 Å². The largest absolute Gasteiger partial charge is 0.276 e. The predicted octanol–water partition coefficient (Wildman–Crippen LogP) is 5.10. The van der Waals surface area contributed by atoms with Gasteiger partial charge in [0.1, 0.15) is 33.7 Å². The lowest BCUT2D eigenvalue weighted by molar-refractivity contribution is 0.569. The van der Waals surface area contributed by atoms with E-state index in [1.165, 1.54) is 40.8 Å². The monoisotopic (exact) mass is 516 g/mol. The predicted molar refractivity (Wildman–Crippen MR) is 121 cm³/mol. The zero-order chi connectivity index (χ0) is 23.0. The van der Waals surface area contributed by atoms with E-state index >= 15 is 0 Å². The third-order valence-corrected chi connectivity index (χ3v) is 9.15. The molecule has 0 amide bonds. The van der Waals surface area contributed by atoms with Gasteiger partial charge in [0, 0.05) is 29.1 Å². The molecule has 0 aliphatic carbocycles. The van der Waals surface area contributed by atoms with Crippen molar-refractivity contribution in [2.24, 2.45) is 0 Å². The first-order valence-electron chi connectivity index (χ1n) is 9.44. The first-order valence-corrected chi connectivity index (χ1v) is 13.0. The average Bonchev–Trinajstić information content (AvgIpc) is 3.18. The molecule has 0 radical (unpaired) electrons. The molecule has 0 bridgehead atoms. The molecule has 0 N–H and O–H groups in total. The Bertz CT molecular complexity index is 1300. The zero-order valence-electron chi connectivity index (χ0n) is 16.3. The van der Waals surface area contributed by atoms with Crippen LogP contribution in [0.2, 0.25) is 10.0 Å². The summed E-state index contributed by atoms with van der Waals surface area (Å²) >= 11 is 12.2. The van der Waals surface area contributed by atoms with Gasteiger partial charge in [-0.15, -0.1) is 0 Å². The van der Waals surface area contributed by atoms with Crippen LogP contribution in [0, 0.1) is 11.6 Å². The minimum atomic E-state index is -4.31. The summed E-state index contributed by atoms with van der Waals surface area (Å²) in [5, 5.41) is -1.41. The molecular formula is C21H16Cl2F2N2O3S2. The maximum Gasteiger partial charge on any atom is 0.189 e. The molecule has 0 saturated carbocycles. The van der Waals surface area contributed by atoms with Crippen molar-refractivity contribution in [1.29, 1.82) is 0 Å². The third kappa shape index (κ3) is 4.39. The van der Waals surface area contributed by atoms with Gasteiger partial charge in [-0.3, -0.25) is 4.31 Å². The van der Waals surface area contributed by atoms with E-state index in [9.17, 15) is 21.4 Å². The number of halogens is 4. The van der Waals surface area contributed by atoms with Gasteiger partial charge in [0.15, 0.2) is 9.84 Å². The van der Waals surface area contributed by atoms with Crippen LogP contribution in [-0.4, -0.2) is 29.9 Å². The number of anilines is 1. The van der Waals surface area contributed by atoms with Gasteiger partial charge in [-0.2, -0.15) is 0 Å². The maximum absolute atomic E-state index is 14.8. The van der Waals surface area contributed by atoms with Gasteiger partial charge in [-0.1, -0.05) is 23.2 Å². The molecule has 1 saturated heterocycles. The highest BCUT2D eigenvalue weighted by atomic mass is 35.5. The van der Waals surface area contributed by atoms with Crippen molar-refractivity contribution >= 4 is 49.8 Å². The molecule has 5 nitrogen and oxygen atoms in total. The van der Waals surface area contributed by atoms with Crippen LogP contribution in [0.1, 0.15) is 22.8 Å². The molecule has 168 valence electrons. The Hall–Kier alpha value is -2.07. The normalized spacial score (nSPS) is 17.5. The smallest absolute Gasteiger partial charge is 0.189 e. The summed E-state index contributed by atoms with van der Waals surface area (Å²) in [6, 6.07) is 9.31. The fraction of sp³-hybridized carbons (Fsp3) is 0.190. The molecule has 11 heteroatoms. The molecule has 32 heavy (non-hydrogen) atoms. The summed E-state index contributed by atoms with van der Waals surface area (Å²) in [7, 11) is -5.63. The van der Waals surface area contributed by atoms with Crippen molar-refractivity contribution in [1.82, 2.24) is 4.98 Å². The van der Waals surface area contributed by atoms with Gasteiger partial charge in [0.25, 0.3) is 0 Å². The fourth-order valence-corrected chi connectivity index (χ4v) is 6.99. The van der Waals surface area contributed by atoms with E-state index in [-0.39, 0.29) is 21.3 Å². The molecule has 0 spiro atoms. The average molecular weight is 517 g/mol. The van der Waals surface area contributed by atoms with Gasteiger partial charge in [-0.25, -0.2) is 26.4 Å². The highest BCUT2D eigenvalue weighted by molar-refractivity contribution is 7.92. The lowest BCUT2D eigenvalue weighted by Crippen LogP contribution is -2.22. The van der Waals surface area contributed by atoms with E-state index in [4.69, 9.17) is 23.2 Å². The molecule has 2 unspecified atom stereocenters. The molecule has 1 aliphatic heterocycles. The van der Waals surface area contributed by atoms with E-state index in [1.54, 1.807) is 0 Å². The van der Waals surface area contributed by atoms with E-state index in [1.807, 2.05) is 0 Å². The summed E-state index contributed by atoms with van der Waals surface area (Å²) in [4.78, 5) is 4.03. The Morgan fingerprint density at radius 3 is 2.41 bits per heavy atom. The van der Waals surface area contributed by atoms with Gasteiger partial charge in [-0.05, 0) is 60.5 Å². The Balaban J connectivity index is 1.95. The zero-order valence-corrected chi connectivity index (χ0v) is 19.5. The number of aromatic nitrogens is 1. The fourth-order valence-electron chi connectivity index (χ4n) is 3.52. The van der Waals surface area contributed by atoms with Crippen LogP contribution in [0.4, 0.5) is 14.6 Å². The lowest BCUT2D eigenvalue weighted by Gasteiger charge is -2.23. The Labute approximate surface area is 196 Å². The van der Waals surface area contributed by atoms with Crippen LogP contribution in [0.3, 0.4) is 0 Å². The van der Waals surface area contributed by atoms with Crippen LogP contribution in [0.25, 0.3) is 0 Å².